The zero-order chi connectivity index (χ0) is 12.3. The van der Waals surface area contributed by atoms with Gasteiger partial charge in [0.15, 0.2) is 0 Å². The van der Waals surface area contributed by atoms with Crippen LogP contribution < -0.4 is 4.74 Å². The first kappa shape index (κ1) is 12.4. The molecule has 3 nitrogen and oxygen atoms in total. The molecule has 1 aromatic heterocycles. The molecule has 2 aromatic rings. The van der Waals surface area contributed by atoms with Gasteiger partial charge in [-0.05, 0) is 29.8 Å². The third kappa shape index (κ3) is 3.19. The minimum Gasteiger partial charge on any atom is -0.438 e. The van der Waals surface area contributed by atoms with Crippen LogP contribution in [0.25, 0.3) is 0 Å². The molecule has 0 aliphatic heterocycles. The molecule has 0 aliphatic rings. The summed E-state index contributed by atoms with van der Waals surface area (Å²) in [6, 6.07) is 9.01. The minimum atomic E-state index is -0.0934. The van der Waals surface area contributed by atoms with E-state index >= 15 is 0 Å². The highest BCUT2D eigenvalue weighted by Crippen LogP contribution is 2.28. The van der Waals surface area contributed by atoms with Crippen molar-refractivity contribution in [3.05, 3.63) is 51.6 Å². The van der Waals surface area contributed by atoms with Gasteiger partial charge in [-0.3, -0.25) is 0 Å². The fraction of sp³-hybridized carbons (Fsp3) is 0.0833. The second kappa shape index (κ2) is 5.49. The number of halogens is 2. The van der Waals surface area contributed by atoms with Crippen molar-refractivity contribution in [3.63, 3.8) is 0 Å². The van der Waals surface area contributed by atoms with Crippen LogP contribution in [0.1, 0.15) is 5.56 Å². The van der Waals surface area contributed by atoms with E-state index in [9.17, 15) is 0 Å². The van der Waals surface area contributed by atoms with Gasteiger partial charge < -0.3 is 9.84 Å². The molecule has 1 heterocycles. The van der Waals surface area contributed by atoms with E-state index in [0.29, 0.717) is 22.2 Å². The van der Waals surface area contributed by atoms with Crippen LogP contribution in [0.5, 0.6) is 11.6 Å². The molecule has 1 aromatic carbocycles. The van der Waals surface area contributed by atoms with E-state index in [1.165, 1.54) is 6.20 Å². The highest BCUT2D eigenvalue weighted by molar-refractivity contribution is 9.10. The number of pyridine rings is 1. The molecular weight excluding hydrogens is 305 g/mol. The van der Waals surface area contributed by atoms with Crippen molar-refractivity contribution >= 4 is 27.5 Å². The highest BCUT2D eigenvalue weighted by atomic mass is 79.9. The van der Waals surface area contributed by atoms with Crippen LogP contribution in [0.4, 0.5) is 0 Å². The van der Waals surface area contributed by atoms with Gasteiger partial charge in [0.1, 0.15) is 10.8 Å². The lowest BCUT2D eigenvalue weighted by Gasteiger charge is -2.07. The maximum atomic E-state index is 8.93. The average Bonchev–Trinajstić information content (AvgIpc) is 2.32. The second-order valence-corrected chi connectivity index (χ2v) is 4.67. The van der Waals surface area contributed by atoms with Gasteiger partial charge in [0, 0.05) is 10.7 Å². The number of rotatable bonds is 3. The standard InChI is InChI=1S/C12H9BrClNO2/c13-9-2-1-3-10(5-9)17-12-11(14)4-8(7-16)6-15-12/h1-6,16H,7H2. The Bertz CT molecular complexity index is 534. The Hall–Kier alpha value is -1.10. The molecule has 0 fully saturated rings. The number of nitrogens with zero attached hydrogens (tertiary/aromatic N) is 1. The van der Waals surface area contributed by atoms with E-state index in [2.05, 4.69) is 20.9 Å². The molecule has 5 heteroatoms. The molecule has 0 bridgehead atoms. The Morgan fingerprint density at radius 1 is 1.35 bits per heavy atom. The molecule has 0 amide bonds. The fourth-order valence-corrected chi connectivity index (χ4v) is 1.87. The number of hydrogen-bond acceptors (Lipinski definition) is 3. The zero-order valence-corrected chi connectivity index (χ0v) is 11.1. The van der Waals surface area contributed by atoms with E-state index in [1.54, 1.807) is 6.07 Å². The molecule has 0 saturated heterocycles. The van der Waals surface area contributed by atoms with Gasteiger partial charge >= 0.3 is 0 Å². The van der Waals surface area contributed by atoms with Gasteiger partial charge in [-0.25, -0.2) is 4.98 Å². The number of hydrogen-bond donors (Lipinski definition) is 1. The fourth-order valence-electron chi connectivity index (χ4n) is 1.27. The van der Waals surface area contributed by atoms with Crippen LogP contribution in [0.15, 0.2) is 41.0 Å². The maximum Gasteiger partial charge on any atom is 0.238 e. The molecule has 0 radical (unpaired) electrons. The maximum absolute atomic E-state index is 8.93. The second-order valence-electron chi connectivity index (χ2n) is 3.35. The molecule has 0 spiro atoms. The summed E-state index contributed by atoms with van der Waals surface area (Å²) >= 11 is 9.34. The first-order valence-electron chi connectivity index (χ1n) is 4.88. The lowest BCUT2D eigenvalue weighted by Crippen LogP contribution is -1.91. The van der Waals surface area contributed by atoms with Crippen LogP contribution in [-0.2, 0) is 6.61 Å². The van der Waals surface area contributed by atoms with E-state index in [4.69, 9.17) is 21.4 Å². The molecule has 0 aliphatic carbocycles. The quantitative estimate of drug-likeness (QED) is 0.937. The number of aliphatic hydroxyl groups excluding tert-OH is 1. The van der Waals surface area contributed by atoms with Gasteiger partial charge in [0.2, 0.25) is 5.88 Å². The zero-order valence-electron chi connectivity index (χ0n) is 8.73. The van der Waals surface area contributed by atoms with Gasteiger partial charge in [0.05, 0.1) is 6.61 Å². The van der Waals surface area contributed by atoms with Crippen LogP contribution >= 0.6 is 27.5 Å². The third-order valence-corrected chi connectivity index (χ3v) is 2.82. The monoisotopic (exact) mass is 313 g/mol. The van der Waals surface area contributed by atoms with Gasteiger partial charge in [-0.2, -0.15) is 0 Å². The van der Waals surface area contributed by atoms with E-state index in [-0.39, 0.29) is 6.61 Å². The van der Waals surface area contributed by atoms with Crippen molar-refractivity contribution in [2.45, 2.75) is 6.61 Å². The minimum absolute atomic E-state index is 0.0934. The molecule has 2 rings (SSSR count). The highest BCUT2D eigenvalue weighted by Gasteiger charge is 2.06. The van der Waals surface area contributed by atoms with Crippen molar-refractivity contribution in [1.29, 1.82) is 0 Å². The summed E-state index contributed by atoms with van der Waals surface area (Å²) in [5, 5.41) is 9.31. The topological polar surface area (TPSA) is 42.4 Å². The molecule has 1 N–H and O–H groups in total. The molecular formula is C12H9BrClNO2. The van der Waals surface area contributed by atoms with Crippen LogP contribution in [0.2, 0.25) is 5.02 Å². The van der Waals surface area contributed by atoms with Crippen molar-refractivity contribution in [2.75, 3.05) is 0 Å². The number of ether oxygens (including phenoxy) is 1. The Labute approximate surface area is 112 Å². The summed E-state index contributed by atoms with van der Waals surface area (Å²) in [7, 11) is 0. The summed E-state index contributed by atoms with van der Waals surface area (Å²) in [5.74, 6) is 0.965. The van der Waals surface area contributed by atoms with Crippen molar-refractivity contribution < 1.29 is 9.84 Å². The van der Waals surface area contributed by atoms with Crippen molar-refractivity contribution in [1.82, 2.24) is 4.98 Å². The SMILES string of the molecule is OCc1cnc(Oc2cccc(Br)c2)c(Cl)c1. The average molecular weight is 315 g/mol. The van der Waals surface area contributed by atoms with Crippen molar-refractivity contribution in [2.24, 2.45) is 0 Å². The Balaban J connectivity index is 2.24. The third-order valence-electron chi connectivity index (χ3n) is 2.06. The summed E-state index contributed by atoms with van der Waals surface area (Å²) in [6.45, 7) is -0.0934. The summed E-state index contributed by atoms with van der Waals surface area (Å²) in [6.07, 6.45) is 1.53. The number of aliphatic hydroxyl groups is 1. The van der Waals surface area contributed by atoms with Crippen molar-refractivity contribution in [3.8, 4) is 11.6 Å². The Morgan fingerprint density at radius 2 is 2.18 bits per heavy atom. The smallest absolute Gasteiger partial charge is 0.238 e. The largest absolute Gasteiger partial charge is 0.438 e. The summed E-state index contributed by atoms with van der Waals surface area (Å²) in [4.78, 5) is 4.04. The number of benzene rings is 1. The first-order valence-corrected chi connectivity index (χ1v) is 6.05. The molecule has 17 heavy (non-hydrogen) atoms. The van der Waals surface area contributed by atoms with Crippen LogP contribution in [-0.4, -0.2) is 10.1 Å². The van der Waals surface area contributed by atoms with Gasteiger partial charge in [0.25, 0.3) is 0 Å². The van der Waals surface area contributed by atoms with Crippen LogP contribution in [0.3, 0.4) is 0 Å². The van der Waals surface area contributed by atoms with E-state index < -0.39 is 0 Å². The van der Waals surface area contributed by atoms with E-state index in [1.807, 2.05) is 24.3 Å². The normalized spacial score (nSPS) is 10.3. The van der Waals surface area contributed by atoms with Gasteiger partial charge in [-0.15, -0.1) is 0 Å². The lowest BCUT2D eigenvalue weighted by atomic mass is 10.3. The molecule has 0 atom stereocenters. The molecule has 0 saturated carbocycles. The molecule has 0 unspecified atom stereocenters. The summed E-state index contributed by atoms with van der Waals surface area (Å²) < 4.78 is 6.45. The van der Waals surface area contributed by atoms with E-state index in [0.717, 1.165) is 4.47 Å². The molecule has 88 valence electrons. The first-order chi connectivity index (χ1) is 8.19. The lowest BCUT2D eigenvalue weighted by molar-refractivity contribution is 0.281. The predicted octanol–water partition coefficient (Wildman–Crippen LogP) is 3.78. The Morgan fingerprint density at radius 3 is 2.82 bits per heavy atom. The van der Waals surface area contributed by atoms with Gasteiger partial charge in [-0.1, -0.05) is 33.6 Å². The van der Waals surface area contributed by atoms with Crippen LogP contribution in [0, 0.1) is 0 Å². The predicted molar refractivity (Wildman–Crippen MR) is 69.4 cm³/mol. The number of aromatic nitrogens is 1. The Kier molecular flexibility index (Phi) is 3.99. The summed E-state index contributed by atoms with van der Waals surface area (Å²) in [5.41, 5.74) is 0.650.